The molecule has 2 aliphatic rings. The fraction of sp³-hybridized carbons (Fsp3) is 0.391. The molecule has 0 N–H and O–H groups in total. The molecule has 29 heavy (non-hydrogen) atoms. The van der Waals surface area contributed by atoms with E-state index in [2.05, 4.69) is 0 Å². The van der Waals surface area contributed by atoms with Gasteiger partial charge in [-0.1, -0.05) is 18.2 Å². The molecular weight excluding hydrogens is 386 g/mol. The molecule has 2 heterocycles. The molecule has 0 spiro atoms. The van der Waals surface area contributed by atoms with E-state index < -0.39 is 0 Å². The monoisotopic (exact) mass is 411 g/mol. The summed E-state index contributed by atoms with van der Waals surface area (Å²) in [6, 6.07) is 13.4. The normalized spacial score (nSPS) is 18.4. The van der Waals surface area contributed by atoms with Crippen molar-refractivity contribution in [3.05, 3.63) is 64.7 Å². The van der Waals surface area contributed by atoms with Crippen LogP contribution in [0, 0.1) is 0 Å². The van der Waals surface area contributed by atoms with Gasteiger partial charge in [-0.05, 0) is 54.7 Å². The number of carbonyl (C=O) groups excluding carboxylic acids is 2. The Hall–Kier alpha value is -2.31. The van der Waals surface area contributed by atoms with Crippen LogP contribution in [0.4, 0.5) is 0 Å². The number of esters is 1. The average molecular weight is 412 g/mol. The minimum Gasteiger partial charge on any atom is -0.465 e. The van der Waals surface area contributed by atoms with Gasteiger partial charge in [0.15, 0.2) is 0 Å². The van der Waals surface area contributed by atoms with Crippen LogP contribution in [0.3, 0.4) is 0 Å². The zero-order chi connectivity index (χ0) is 20.2. The summed E-state index contributed by atoms with van der Waals surface area (Å²) in [4.78, 5) is 28.0. The molecule has 0 bridgehead atoms. The molecule has 1 saturated heterocycles. The Morgan fingerprint density at radius 1 is 1.21 bits per heavy atom. The molecule has 0 radical (unpaired) electrons. The molecule has 2 aromatic carbocycles. The lowest BCUT2D eigenvalue weighted by atomic mass is 9.97. The predicted octanol–water partition coefficient (Wildman–Crippen LogP) is 3.94. The van der Waals surface area contributed by atoms with Crippen molar-refractivity contribution in [1.82, 2.24) is 4.90 Å². The summed E-state index contributed by atoms with van der Waals surface area (Å²) in [5, 5.41) is 0. The Morgan fingerprint density at radius 2 is 2.07 bits per heavy atom. The lowest BCUT2D eigenvalue weighted by molar-refractivity contribution is 0.0600. The highest BCUT2D eigenvalue weighted by Crippen LogP contribution is 2.29. The minimum atomic E-state index is -0.355. The lowest BCUT2D eigenvalue weighted by Gasteiger charge is -2.30. The largest absolute Gasteiger partial charge is 0.465 e. The van der Waals surface area contributed by atoms with Gasteiger partial charge in [0.05, 0.1) is 24.3 Å². The molecule has 5 nitrogen and oxygen atoms in total. The Morgan fingerprint density at radius 3 is 2.86 bits per heavy atom. The first kappa shape index (κ1) is 20.0. The lowest BCUT2D eigenvalue weighted by Crippen LogP contribution is -2.36. The maximum atomic E-state index is 13.3. The van der Waals surface area contributed by atoms with E-state index >= 15 is 0 Å². The number of benzene rings is 2. The average Bonchev–Trinajstić information content (AvgIpc) is 3.29. The van der Waals surface area contributed by atoms with Gasteiger partial charge in [0.1, 0.15) is 0 Å². The Bertz CT molecular complexity index is 908. The van der Waals surface area contributed by atoms with Crippen LogP contribution < -0.4 is 0 Å². The molecule has 0 aliphatic carbocycles. The van der Waals surface area contributed by atoms with Gasteiger partial charge in [-0.3, -0.25) is 4.79 Å². The maximum absolute atomic E-state index is 13.3. The number of thioether (sulfide) groups is 1. The fourth-order valence-electron chi connectivity index (χ4n) is 3.87. The van der Waals surface area contributed by atoms with Crippen LogP contribution in [0.25, 0.3) is 0 Å². The minimum absolute atomic E-state index is 0.0366. The molecule has 2 aliphatic heterocycles. The number of fused-ring (bicyclic) bond motifs is 1. The van der Waals surface area contributed by atoms with Gasteiger partial charge in [-0.25, -0.2) is 4.79 Å². The van der Waals surface area contributed by atoms with E-state index in [0.717, 1.165) is 47.6 Å². The van der Waals surface area contributed by atoms with E-state index in [1.54, 1.807) is 17.8 Å². The van der Waals surface area contributed by atoms with Gasteiger partial charge in [0.25, 0.3) is 5.91 Å². The highest BCUT2D eigenvalue weighted by Gasteiger charge is 2.25. The van der Waals surface area contributed by atoms with Crippen molar-refractivity contribution in [2.24, 2.45) is 0 Å². The number of methoxy groups -OCH3 is 1. The summed E-state index contributed by atoms with van der Waals surface area (Å²) in [7, 11) is 1.38. The molecule has 6 heteroatoms. The van der Waals surface area contributed by atoms with E-state index in [9.17, 15) is 9.59 Å². The highest BCUT2D eigenvalue weighted by molar-refractivity contribution is 7.99. The van der Waals surface area contributed by atoms with E-state index in [1.165, 1.54) is 12.7 Å². The number of ether oxygens (including phenoxy) is 2. The van der Waals surface area contributed by atoms with Crippen LogP contribution >= 0.6 is 11.8 Å². The molecule has 152 valence electrons. The molecule has 0 unspecified atom stereocenters. The zero-order valence-electron chi connectivity index (χ0n) is 16.6. The van der Waals surface area contributed by atoms with Crippen molar-refractivity contribution in [3.63, 3.8) is 0 Å². The maximum Gasteiger partial charge on any atom is 0.337 e. The van der Waals surface area contributed by atoms with E-state index in [-0.39, 0.29) is 18.0 Å². The zero-order valence-corrected chi connectivity index (χ0v) is 17.4. The number of hydrogen-bond donors (Lipinski definition) is 0. The van der Waals surface area contributed by atoms with Crippen molar-refractivity contribution in [3.8, 4) is 0 Å². The topological polar surface area (TPSA) is 55.8 Å². The van der Waals surface area contributed by atoms with E-state index in [1.807, 2.05) is 41.3 Å². The molecule has 0 saturated carbocycles. The van der Waals surface area contributed by atoms with Crippen LogP contribution in [0.15, 0.2) is 47.4 Å². The van der Waals surface area contributed by atoms with Gasteiger partial charge in [0.2, 0.25) is 0 Å². The molecule has 1 amide bonds. The second-order valence-electron chi connectivity index (χ2n) is 7.39. The summed E-state index contributed by atoms with van der Waals surface area (Å²) in [6.07, 6.45) is 3.27. The molecule has 1 atom stereocenters. The van der Waals surface area contributed by atoms with Crippen molar-refractivity contribution in [1.29, 1.82) is 0 Å². The first-order valence-corrected chi connectivity index (χ1v) is 11.0. The third kappa shape index (κ3) is 4.49. The van der Waals surface area contributed by atoms with Crippen LogP contribution in [0.2, 0.25) is 0 Å². The summed E-state index contributed by atoms with van der Waals surface area (Å²) >= 11 is 1.70. The summed E-state index contributed by atoms with van der Waals surface area (Å²) in [5.41, 5.74) is 3.45. The van der Waals surface area contributed by atoms with Crippen molar-refractivity contribution >= 4 is 23.6 Å². The van der Waals surface area contributed by atoms with Crippen molar-refractivity contribution in [2.75, 3.05) is 26.0 Å². The second-order valence-corrected chi connectivity index (χ2v) is 8.46. The smallest absolute Gasteiger partial charge is 0.337 e. The summed E-state index contributed by atoms with van der Waals surface area (Å²) in [5.74, 6) is 0.553. The number of rotatable bonds is 5. The van der Waals surface area contributed by atoms with Gasteiger partial charge in [-0.15, -0.1) is 11.8 Å². The van der Waals surface area contributed by atoms with Crippen LogP contribution in [-0.2, 0) is 22.4 Å². The highest BCUT2D eigenvalue weighted by atomic mass is 32.2. The Balaban J connectivity index is 1.50. The standard InChI is InChI=1S/C23H25NO4S/c1-27-23(26)17-9-8-16-10-11-24(14-18(16)13-17)22(25)20-6-2-3-7-21(20)29-15-19-5-4-12-28-19/h2-3,6-9,13,19H,4-5,10-12,14-15H2,1H3/t19-/m1/s1. The quantitative estimate of drug-likeness (QED) is 0.551. The summed E-state index contributed by atoms with van der Waals surface area (Å²) in [6.45, 7) is 2.02. The number of nitrogens with zero attached hydrogens (tertiary/aromatic N) is 1. The Kier molecular flexibility index (Phi) is 6.21. The number of amides is 1. The van der Waals surface area contributed by atoms with Gasteiger partial charge >= 0.3 is 5.97 Å². The van der Waals surface area contributed by atoms with Crippen molar-refractivity contribution in [2.45, 2.75) is 36.8 Å². The molecule has 4 rings (SSSR count). The molecular formula is C23H25NO4S. The van der Waals surface area contributed by atoms with Crippen LogP contribution in [0.5, 0.6) is 0 Å². The second kappa shape index (κ2) is 9.01. The molecule has 0 aromatic heterocycles. The van der Waals surface area contributed by atoms with Crippen LogP contribution in [0.1, 0.15) is 44.7 Å². The SMILES string of the molecule is COC(=O)c1ccc2c(c1)CN(C(=O)c1ccccc1SC[C@H]1CCCO1)CC2. The first-order chi connectivity index (χ1) is 14.2. The van der Waals surface area contributed by atoms with Crippen LogP contribution in [-0.4, -0.2) is 48.9 Å². The van der Waals surface area contributed by atoms with Gasteiger partial charge in [-0.2, -0.15) is 0 Å². The van der Waals surface area contributed by atoms with Gasteiger partial charge < -0.3 is 14.4 Å². The molecule has 2 aromatic rings. The summed E-state index contributed by atoms with van der Waals surface area (Å²) < 4.78 is 10.5. The fourth-order valence-corrected chi connectivity index (χ4v) is 4.99. The third-order valence-corrected chi connectivity index (χ3v) is 6.70. The number of hydrogen-bond acceptors (Lipinski definition) is 5. The first-order valence-electron chi connectivity index (χ1n) is 9.98. The predicted molar refractivity (Wildman–Crippen MR) is 112 cm³/mol. The Labute approximate surface area is 175 Å². The van der Waals surface area contributed by atoms with Crippen molar-refractivity contribution < 1.29 is 19.1 Å². The van der Waals surface area contributed by atoms with Gasteiger partial charge in [0, 0.05) is 30.3 Å². The third-order valence-electron chi connectivity index (χ3n) is 5.49. The number of carbonyl (C=O) groups is 2. The van der Waals surface area contributed by atoms with E-state index in [4.69, 9.17) is 9.47 Å². The molecule has 1 fully saturated rings. The van der Waals surface area contributed by atoms with E-state index in [0.29, 0.717) is 18.7 Å².